The summed E-state index contributed by atoms with van der Waals surface area (Å²) in [7, 11) is 0. The maximum atomic E-state index is 12.4. The van der Waals surface area contributed by atoms with Crippen LogP contribution < -0.4 is 4.74 Å². The lowest BCUT2D eigenvalue weighted by Gasteiger charge is -2.32. The predicted molar refractivity (Wildman–Crippen MR) is 74.8 cm³/mol. The van der Waals surface area contributed by atoms with Crippen LogP contribution in [0.2, 0.25) is 0 Å². The van der Waals surface area contributed by atoms with Crippen molar-refractivity contribution in [2.75, 3.05) is 26.2 Å². The molecule has 0 N–H and O–H groups in total. The van der Waals surface area contributed by atoms with Gasteiger partial charge >= 0.3 is 0 Å². The summed E-state index contributed by atoms with van der Waals surface area (Å²) in [5.74, 6) is 1.16. The quantitative estimate of drug-likeness (QED) is 0.812. The molecule has 0 aromatic heterocycles. The van der Waals surface area contributed by atoms with E-state index < -0.39 is 6.43 Å². The molecule has 1 aliphatic heterocycles. The van der Waals surface area contributed by atoms with Crippen LogP contribution in [0.25, 0.3) is 0 Å². The van der Waals surface area contributed by atoms with Crippen molar-refractivity contribution in [2.24, 2.45) is 5.92 Å². The van der Waals surface area contributed by atoms with Gasteiger partial charge in [-0.3, -0.25) is 4.90 Å². The molecular formula is C14H18BrF2NO. The molecule has 0 bridgehead atoms. The van der Waals surface area contributed by atoms with Gasteiger partial charge in [0.05, 0.1) is 13.2 Å². The zero-order chi connectivity index (χ0) is 13.7. The van der Waals surface area contributed by atoms with Crippen molar-refractivity contribution in [1.82, 2.24) is 4.90 Å². The maximum absolute atomic E-state index is 12.4. The molecule has 106 valence electrons. The number of hydrogen-bond donors (Lipinski definition) is 0. The molecule has 1 aromatic rings. The van der Waals surface area contributed by atoms with Gasteiger partial charge in [0.1, 0.15) is 5.75 Å². The van der Waals surface area contributed by atoms with Crippen LogP contribution in [0, 0.1) is 5.92 Å². The lowest BCUT2D eigenvalue weighted by atomic mass is 9.99. The zero-order valence-corrected chi connectivity index (χ0v) is 12.3. The minimum atomic E-state index is -2.25. The van der Waals surface area contributed by atoms with Gasteiger partial charge in [-0.25, -0.2) is 8.78 Å². The molecule has 2 nitrogen and oxygen atoms in total. The maximum Gasteiger partial charge on any atom is 0.251 e. The lowest BCUT2D eigenvalue weighted by Crippen LogP contribution is -2.40. The van der Waals surface area contributed by atoms with Crippen LogP contribution in [-0.4, -0.2) is 37.6 Å². The average molecular weight is 334 g/mol. The SMILES string of the molecule is FC(F)CN1CCC[C@@H](COc2cccc(Br)c2)C1. The third-order valence-electron chi connectivity index (χ3n) is 3.28. The summed E-state index contributed by atoms with van der Waals surface area (Å²) in [4.78, 5) is 1.84. The third-order valence-corrected chi connectivity index (χ3v) is 3.77. The van der Waals surface area contributed by atoms with Gasteiger partial charge in [0.2, 0.25) is 0 Å². The molecule has 1 aliphatic rings. The molecule has 1 fully saturated rings. The van der Waals surface area contributed by atoms with Crippen molar-refractivity contribution in [3.8, 4) is 5.75 Å². The van der Waals surface area contributed by atoms with Gasteiger partial charge < -0.3 is 4.74 Å². The fourth-order valence-electron chi connectivity index (χ4n) is 2.42. The summed E-state index contributed by atoms with van der Waals surface area (Å²) in [5.41, 5.74) is 0. The molecule has 2 rings (SSSR count). The van der Waals surface area contributed by atoms with Gasteiger partial charge in [0, 0.05) is 16.9 Å². The number of hydrogen-bond acceptors (Lipinski definition) is 2. The summed E-state index contributed by atoms with van der Waals surface area (Å²) in [6.07, 6.45) is -0.225. The zero-order valence-electron chi connectivity index (χ0n) is 10.7. The van der Waals surface area contributed by atoms with E-state index in [9.17, 15) is 8.78 Å². The van der Waals surface area contributed by atoms with E-state index in [-0.39, 0.29) is 6.54 Å². The largest absolute Gasteiger partial charge is 0.493 e. The fraction of sp³-hybridized carbons (Fsp3) is 0.571. The predicted octanol–water partition coefficient (Wildman–Crippen LogP) is 3.81. The molecule has 0 spiro atoms. The topological polar surface area (TPSA) is 12.5 Å². The van der Waals surface area contributed by atoms with Gasteiger partial charge in [-0.1, -0.05) is 22.0 Å². The third kappa shape index (κ3) is 5.07. The van der Waals surface area contributed by atoms with Crippen molar-refractivity contribution in [3.63, 3.8) is 0 Å². The Bertz CT molecular complexity index is 403. The molecule has 0 radical (unpaired) electrons. The molecule has 5 heteroatoms. The van der Waals surface area contributed by atoms with Crippen LogP contribution in [0.3, 0.4) is 0 Å². The van der Waals surface area contributed by atoms with Crippen molar-refractivity contribution in [2.45, 2.75) is 19.3 Å². The molecule has 0 aliphatic carbocycles. The van der Waals surface area contributed by atoms with E-state index in [1.54, 1.807) is 0 Å². The van der Waals surface area contributed by atoms with Gasteiger partial charge in [-0.2, -0.15) is 0 Å². The molecule has 0 saturated carbocycles. The second-order valence-corrected chi connectivity index (χ2v) is 5.84. The number of piperidine rings is 1. The number of nitrogens with zero attached hydrogens (tertiary/aromatic N) is 1. The highest BCUT2D eigenvalue weighted by Crippen LogP contribution is 2.21. The molecule has 19 heavy (non-hydrogen) atoms. The van der Waals surface area contributed by atoms with Crippen LogP contribution in [0.1, 0.15) is 12.8 Å². The van der Waals surface area contributed by atoms with Crippen molar-refractivity contribution >= 4 is 15.9 Å². The smallest absolute Gasteiger partial charge is 0.251 e. The number of benzene rings is 1. The van der Waals surface area contributed by atoms with Gasteiger partial charge in [0.25, 0.3) is 6.43 Å². The normalized spacial score (nSPS) is 20.7. The first-order chi connectivity index (χ1) is 9.13. The highest BCUT2D eigenvalue weighted by atomic mass is 79.9. The number of alkyl halides is 2. The summed E-state index contributed by atoms with van der Waals surface area (Å²) in [5, 5.41) is 0. The van der Waals surface area contributed by atoms with Crippen molar-refractivity contribution < 1.29 is 13.5 Å². The average Bonchev–Trinajstić information content (AvgIpc) is 2.36. The molecular weight excluding hydrogens is 316 g/mol. The van der Waals surface area contributed by atoms with Crippen LogP contribution in [0.4, 0.5) is 8.78 Å². The Morgan fingerprint density at radius 2 is 2.26 bits per heavy atom. The van der Waals surface area contributed by atoms with Crippen LogP contribution in [0.5, 0.6) is 5.75 Å². The molecule has 1 aromatic carbocycles. The van der Waals surface area contributed by atoms with Gasteiger partial charge in [-0.05, 0) is 37.6 Å². The first kappa shape index (κ1) is 14.7. The Labute approximate surface area is 120 Å². The number of halogens is 3. The summed E-state index contributed by atoms with van der Waals surface area (Å²) in [6.45, 7) is 1.96. The second-order valence-electron chi connectivity index (χ2n) is 4.93. The van der Waals surface area contributed by atoms with Crippen LogP contribution in [0.15, 0.2) is 28.7 Å². The van der Waals surface area contributed by atoms with E-state index in [0.29, 0.717) is 19.1 Å². The first-order valence-electron chi connectivity index (χ1n) is 6.52. The minimum absolute atomic E-state index is 0.118. The molecule has 1 atom stereocenters. The number of likely N-dealkylation sites (tertiary alicyclic amines) is 1. The number of ether oxygens (including phenoxy) is 1. The van der Waals surface area contributed by atoms with Crippen LogP contribution >= 0.6 is 15.9 Å². The van der Waals surface area contributed by atoms with E-state index in [1.165, 1.54) is 0 Å². The van der Waals surface area contributed by atoms with E-state index in [1.807, 2.05) is 29.2 Å². The standard InChI is InChI=1S/C14H18BrF2NO/c15-12-4-1-5-13(7-12)19-10-11-3-2-6-18(8-11)9-14(16)17/h1,4-5,7,11,14H,2-3,6,8-10H2/t11-/m1/s1. The van der Waals surface area contributed by atoms with E-state index in [2.05, 4.69) is 15.9 Å². The molecule has 0 unspecified atom stereocenters. The summed E-state index contributed by atoms with van der Waals surface area (Å²) in [6, 6.07) is 7.69. The van der Waals surface area contributed by atoms with E-state index in [4.69, 9.17) is 4.74 Å². The van der Waals surface area contributed by atoms with E-state index in [0.717, 1.165) is 29.6 Å². The lowest BCUT2D eigenvalue weighted by molar-refractivity contribution is 0.0552. The van der Waals surface area contributed by atoms with E-state index >= 15 is 0 Å². The monoisotopic (exact) mass is 333 g/mol. The minimum Gasteiger partial charge on any atom is -0.493 e. The fourth-order valence-corrected chi connectivity index (χ4v) is 2.80. The van der Waals surface area contributed by atoms with Gasteiger partial charge in [-0.15, -0.1) is 0 Å². The van der Waals surface area contributed by atoms with Crippen LogP contribution in [-0.2, 0) is 0 Å². The summed E-state index contributed by atoms with van der Waals surface area (Å²) < 4.78 is 31.4. The molecule has 1 saturated heterocycles. The first-order valence-corrected chi connectivity index (χ1v) is 7.31. The number of rotatable bonds is 5. The van der Waals surface area contributed by atoms with Crippen molar-refractivity contribution in [1.29, 1.82) is 0 Å². The Hall–Kier alpha value is -0.680. The Kier molecular flexibility index (Phi) is 5.58. The molecule has 1 heterocycles. The highest BCUT2D eigenvalue weighted by molar-refractivity contribution is 9.10. The summed E-state index contributed by atoms with van der Waals surface area (Å²) >= 11 is 3.39. The van der Waals surface area contributed by atoms with Crippen molar-refractivity contribution in [3.05, 3.63) is 28.7 Å². The second kappa shape index (κ2) is 7.20. The Morgan fingerprint density at radius 1 is 1.42 bits per heavy atom. The van der Waals surface area contributed by atoms with Gasteiger partial charge in [0.15, 0.2) is 0 Å². The Balaban J connectivity index is 1.79. The highest BCUT2D eigenvalue weighted by Gasteiger charge is 2.22. The Morgan fingerprint density at radius 3 is 3.00 bits per heavy atom. The molecule has 0 amide bonds.